The highest BCUT2D eigenvalue weighted by Gasteiger charge is 2.22. The van der Waals surface area contributed by atoms with E-state index in [4.69, 9.17) is 5.73 Å². The molecule has 2 aromatic carbocycles. The summed E-state index contributed by atoms with van der Waals surface area (Å²) in [6.07, 6.45) is 2.07. The number of rotatable bonds is 3. The van der Waals surface area contributed by atoms with Crippen LogP contribution in [0.25, 0.3) is 10.2 Å². The Hall–Kier alpha value is -2.05. The summed E-state index contributed by atoms with van der Waals surface area (Å²) in [7, 11) is 0. The lowest BCUT2D eigenvalue weighted by atomic mass is 10.0. The van der Waals surface area contributed by atoms with Gasteiger partial charge in [0.25, 0.3) is 0 Å². The van der Waals surface area contributed by atoms with Gasteiger partial charge in [0, 0.05) is 17.9 Å². The molecule has 3 aromatic rings. The van der Waals surface area contributed by atoms with Gasteiger partial charge in [0.05, 0.1) is 16.0 Å². The molecule has 0 fully saturated rings. The first kappa shape index (κ1) is 15.5. The Balaban J connectivity index is 1.48. The molecular weight excluding hydrogens is 338 g/mol. The molecule has 0 bridgehead atoms. The third-order valence-electron chi connectivity index (χ3n) is 4.12. The number of thiazole rings is 1. The zero-order chi connectivity index (χ0) is 16.5. The first-order valence-electron chi connectivity index (χ1n) is 7.88. The SMILES string of the molecule is Nc1ccc2sc(SCC(=O)N3CCCc4ccccc43)nc2c1. The number of nitrogens with two attached hydrogens (primary N) is 1. The van der Waals surface area contributed by atoms with Gasteiger partial charge in [0.15, 0.2) is 4.34 Å². The Morgan fingerprint density at radius 3 is 3.08 bits per heavy atom. The smallest absolute Gasteiger partial charge is 0.237 e. The summed E-state index contributed by atoms with van der Waals surface area (Å²) in [5.41, 5.74) is 9.73. The summed E-state index contributed by atoms with van der Waals surface area (Å²) in [6.45, 7) is 0.798. The second kappa shape index (κ2) is 6.45. The fourth-order valence-corrected chi connectivity index (χ4v) is 4.90. The number of anilines is 2. The van der Waals surface area contributed by atoms with E-state index in [-0.39, 0.29) is 5.91 Å². The van der Waals surface area contributed by atoms with Crippen molar-refractivity contribution in [3.63, 3.8) is 0 Å². The summed E-state index contributed by atoms with van der Waals surface area (Å²) < 4.78 is 2.01. The molecule has 6 heteroatoms. The minimum absolute atomic E-state index is 0.144. The summed E-state index contributed by atoms with van der Waals surface area (Å²) in [5, 5.41) is 0. The summed E-state index contributed by atoms with van der Waals surface area (Å²) >= 11 is 3.11. The number of aromatic nitrogens is 1. The standard InChI is InChI=1S/C18H17N3OS2/c19-13-7-8-16-14(10-13)20-18(24-16)23-11-17(22)21-9-3-5-12-4-1-2-6-15(12)21/h1-2,4,6-8,10H,3,5,9,11,19H2. The highest BCUT2D eigenvalue weighted by molar-refractivity contribution is 8.01. The third-order valence-corrected chi connectivity index (χ3v) is 6.29. The average Bonchev–Trinajstić information content (AvgIpc) is 3.01. The maximum Gasteiger partial charge on any atom is 0.237 e. The van der Waals surface area contributed by atoms with E-state index >= 15 is 0 Å². The zero-order valence-corrected chi connectivity index (χ0v) is 14.7. The van der Waals surface area contributed by atoms with E-state index in [9.17, 15) is 4.79 Å². The van der Waals surface area contributed by atoms with Gasteiger partial charge in [-0.25, -0.2) is 4.98 Å². The number of carbonyl (C=O) groups excluding carboxylic acids is 1. The zero-order valence-electron chi connectivity index (χ0n) is 13.1. The fourth-order valence-electron chi connectivity index (χ4n) is 2.98. The molecule has 4 rings (SSSR count). The Labute approximate surface area is 148 Å². The number of amides is 1. The highest BCUT2D eigenvalue weighted by atomic mass is 32.2. The number of hydrogen-bond donors (Lipinski definition) is 1. The lowest BCUT2D eigenvalue weighted by Gasteiger charge is -2.29. The highest BCUT2D eigenvalue weighted by Crippen LogP contribution is 2.32. The van der Waals surface area contributed by atoms with Crippen molar-refractivity contribution in [2.75, 3.05) is 22.9 Å². The van der Waals surface area contributed by atoms with Crippen LogP contribution >= 0.6 is 23.1 Å². The van der Waals surface area contributed by atoms with Crippen LogP contribution in [-0.4, -0.2) is 23.2 Å². The van der Waals surface area contributed by atoms with E-state index in [0.29, 0.717) is 11.4 Å². The molecule has 0 atom stereocenters. The van der Waals surface area contributed by atoms with Gasteiger partial charge in [-0.15, -0.1) is 11.3 Å². The van der Waals surface area contributed by atoms with E-state index in [1.165, 1.54) is 17.3 Å². The Bertz CT molecular complexity index is 906. The van der Waals surface area contributed by atoms with E-state index < -0.39 is 0 Å². The summed E-state index contributed by atoms with van der Waals surface area (Å²) in [4.78, 5) is 19.1. The maximum absolute atomic E-state index is 12.7. The predicted molar refractivity (Wildman–Crippen MR) is 102 cm³/mol. The number of nitrogen functional groups attached to an aromatic ring is 1. The molecule has 4 nitrogen and oxygen atoms in total. The minimum atomic E-state index is 0.144. The molecule has 1 aliphatic rings. The molecule has 0 unspecified atom stereocenters. The molecule has 0 radical (unpaired) electrons. The van der Waals surface area contributed by atoms with Crippen LogP contribution in [-0.2, 0) is 11.2 Å². The van der Waals surface area contributed by atoms with E-state index in [1.807, 2.05) is 41.3 Å². The van der Waals surface area contributed by atoms with Crippen molar-refractivity contribution in [1.82, 2.24) is 4.98 Å². The first-order chi connectivity index (χ1) is 11.7. The van der Waals surface area contributed by atoms with Gasteiger partial charge in [-0.1, -0.05) is 30.0 Å². The molecule has 1 amide bonds. The molecule has 0 aliphatic carbocycles. The Kier molecular flexibility index (Phi) is 4.16. The van der Waals surface area contributed by atoms with Crippen molar-refractivity contribution in [3.8, 4) is 0 Å². The molecule has 0 saturated carbocycles. The van der Waals surface area contributed by atoms with Crippen molar-refractivity contribution in [2.24, 2.45) is 0 Å². The monoisotopic (exact) mass is 355 g/mol. The molecule has 0 spiro atoms. The molecule has 2 heterocycles. The van der Waals surface area contributed by atoms with Gasteiger partial charge in [-0.2, -0.15) is 0 Å². The van der Waals surface area contributed by atoms with Crippen LogP contribution in [0, 0.1) is 0 Å². The van der Waals surface area contributed by atoms with E-state index in [0.717, 1.165) is 39.6 Å². The molecular formula is C18H17N3OS2. The number of aryl methyl sites for hydroxylation is 1. The molecule has 1 aromatic heterocycles. The van der Waals surface area contributed by atoms with Crippen LogP contribution in [0.5, 0.6) is 0 Å². The van der Waals surface area contributed by atoms with Gasteiger partial charge in [-0.3, -0.25) is 4.79 Å². The molecule has 2 N–H and O–H groups in total. The number of para-hydroxylation sites is 1. The number of nitrogens with zero attached hydrogens (tertiary/aromatic N) is 2. The second-order valence-corrected chi connectivity index (χ2v) is 8.03. The van der Waals surface area contributed by atoms with Gasteiger partial charge in [0.2, 0.25) is 5.91 Å². The lowest BCUT2D eigenvalue weighted by molar-refractivity contribution is -0.116. The van der Waals surface area contributed by atoms with Crippen LogP contribution in [0.1, 0.15) is 12.0 Å². The van der Waals surface area contributed by atoms with E-state index in [1.54, 1.807) is 11.3 Å². The number of hydrogen-bond acceptors (Lipinski definition) is 5. The van der Waals surface area contributed by atoms with Crippen LogP contribution in [0.4, 0.5) is 11.4 Å². The molecule has 24 heavy (non-hydrogen) atoms. The number of benzene rings is 2. The van der Waals surface area contributed by atoms with Crippen LogP contribution < -0.4 is 10.6 Å². The van der Waals surface area contributed by atoms with Gasteiger partial charge < -0.3 is 10.6 Å². The van der Waals surface area contributed by atoms with E-state index in [2.05, 4.69) is 11.1 Å². The summed E-state index contributed by atoms with van der Waals surface area (Å²) in [6, 6.07) is 13.9. The first-order valence-corrected chi connectivity index (χ1v) is 9.68. The maximum atomic E-state index is 12.7. The quantitative estimate of drug-likeness (QED) is 0.571. The molecule has 122 valence electrons. The van der Waals surface area contributed by atoms with Crippen molar-refractivity contribution < 1.29 is 4.79 Å². The van der Waals surface area contributed by atoms with Crippen molar-refractivity contribution >= 4 is 50.6 Å². The lowest BCUT2D eigenvalue weighted by Crippen LogP contribution is -2.36. The van der Waals surface area contributed by atoms with Crippen LogP contribution in [0.3, 0.4) is 0 Å². The van der Waals surface area contributed by atoms with Crippen molar-refractivity contribution in [3.05, 3.63) is 48.0 Å². The van der Waals surface area contributed by atoms with Crippen molar-refractivity contribution in [1.29, 1.82) is 0 Å². The fraction of sp³-hybridized carbons (Fsp3) is 0.222. The normalized spacial score (nSPS) is 13.9. The Morgan fingerprint density at radius 1 is 1.29 bits per heavy atom. The number of fused-ring (bicyclic) bond motifs is 2. The number of thioether (sulfide) groups is 1. The predicted octanol–water partition coefficient (Wildman–Crippen LogP) is 3.95. The largest absolute Gasteiger partial charge is 0.399 e. The Morgan fingerprint density at radius 2 is 2.17 bits per heavy atom. The van der Waals surface area contributed by atoms with Gasteiger partial charge in [-0.05, 0) is 42.7 Å². The number of carbonyl (C=O) groups is 1. The van der Waals surface area contributed by atoms with Crippen LogP contribution in [0.2, 0.25) is 0 Å². The molecule has 1 aliphatic heterocycles. The second-order valence-electron chi connectivity index (χ2n) is 5.77. The van der Waals surface area contributed by atoms with Crippen molar-refractivity contribution in [2.45, 2.75) is 17.2 Å². The minimum Gasteiger partial charge on any atom is -0.399 e. The van der Waals surface area contributed by atoms with Gasteiger partial charge >= 0.3 is 0 Å². The summed E-state index contributed by atoms with van der Waals surface area (Å²) in [5.74, 6) is 0.551. The molecule has 0 saturated heterocycles. The van der Waals surface area contributed by atoms with Gasteiger partial charge in [0.1, 0.15) is 0 Å². The average molecular weight is 355 g/mol. The third kappa shape index (κ3) is 2.99. The topological polar surface area (TPSA) is 59.2 Å². The van der Waals surface area contributed by atoms with Crippen LogP contribution in [0.15, 0.2) is 46.8 Å².